The number of carbonyl (C=O) groups is 2. The van der Waals surface area contributed by atoms with Crippen molar-refractivity contribution < 1.29 is 9.59 Å². The topological polar surface area (TPSA) is 98.2 Å². The van der Waals surface area contributed by atoms with Crippen molar-refractivity contribution in [3.05, 3.63) is 65.5 Å². The van der Waals surface area contributed by atoms with Crippen molar-refractivity contribution in [1.29, 1.82) is 5.41 Å². The van der Waals surface area contributed by atoms with Gasteiger partial charge >= 0.3 is 0 Å². The second-order valence-electron chi connectivity index (χ2n) is 9.94. The van der Waals surface area contributed by atoms with Crippen LogP contribution < -0.4 is 10.6 Å². The molecule has 34 heavy (non-hydrogen) atoms. The molecule has 7 nitrogen and oxygen atoms in total. The average Bonchev–Trinajstić information content (AvgIpc) is 3.55. The van der Waals surface area contributed by atoms with Gasteiger partial charge in [0.2, 0.25) is 11.8 Å². The molecule has 5 rings (SSSR count). The predicted octanol–water partition coefficient (Wildman–Crippen LogP) is 3.88. The van der Waals surface area contributed by atoms with Crippen molar-refractivity contribution in [3.8, 4) is 0 Å². The van der Waals surface area contributed by atoms with Crippen LogP contribution in [0.25, 0.3) is 0 Å². The molecule has 2 heterocycles. The molecule has 4 atom stereocenters. The Morgan fingerprint density at radius 1 is 1.26 bits per heavy atom. The summed E-state index contributed by atoms with van der Waals surface area (Å²) < 4.78 is 0. The molecule has 0 bridgehead atoms. The standard InChI is InChI=1S/C27H33N5O2/c1-3-27(4-2)15-23(33)32(26(28)31-27)24(18-9-7-13-29-16-18)20-14-21(20)25(34)30-22-12-11-17-8-5-6-10-19(17)22/h5-10,13,16,20-22,24H,3-4,11-12,14-15H2,1-2H3,(H2,28,31)(H,30,34)/t20-,21-,22+,24-/m1/s1. The zero-order chi connectivity index (χ0) is 23.9. The third-order valence-corrected chi connectivity index (χ3v) is 8.07. The lowest BCUT2D eigenvalue weighted by Crippen LogP contribution is -2.62. The number of aryl methyl sites for hydroxylation is 1. The van der Waals surface area contributed by atoms with E-state index < -0.39 is 0 Å². The lowest BCUT2D eigenvalue weighted by atomic mass is 9.86. The van der Waals surface area contributed by atoms with Crippen molar-refractivity contribution in [2.24, 2.45) is 11.8 Å². The minimum absolute atomic E-state index is 0.0392. The Kier molecular flexibility index (Phi) is 5.88. The minimum Gasteiger partial charge on any atom is -0.350 e. The van der Waals surface area contributed by atoms with Crippen molar-refractivity contribution in [2.45, 2.75) is 70.0 Å². The van der Waals surface area contributed by atoms with Crippen LogP contribution in [-0.2, 0) is 16.0 Å². The number of amides is 2. The third-order valence-electron chi connectivity index (χ3n) is 8.07. The van der Waals surface area contributed by atoms with E-state index in [1.807, 2.05) is 38.1 Å². The number of hydrogen-bond donors (Lipinski definition) is 3. The molecule has 2 aliphatic carbocycles. The highest BCUT2D eigenvalue weighted by molar-refractivity contribution is 6.00. The molecule has 0 unspecified atom stereocenters. The highest BCUT2D eigenvalue weighted by Crippen LogP contribution is 2.51. The van der Waals surface area contributed by atoms with E-state index in [4.69, 9.17) is 5.41 Å². The Hall–Kier alpha value is -3.22. The number of benzene rings is 1. The van der Waals surface area contributed by atoms with Crippen LogP contribution in [0.4, 0.5) is 0 Å². The number of guanidine groups is 1. The maximum absolute atomic E-state index is 13.4. The first kappa shape index (κ1) is 22.6. The number of fused-ring (bicyclic) bond motifs is 1. The summed E-state index contributed by atoms with van der Waals surface area (Å²) in [6.07, 6.45) is 7.97. The summed E-state index contributed by atoms with van der Waals surface area (Å²) in [5, 5.41) is 15.3. The van der Waals surface area contributed by atoms with E-state index >= 15 is 0 Å². The second-order valence-corrected chi connectivity index (χ2v) is 9.94. The van der Waals surface area contributed by atoms with Gasteiger partial charge in [-0.3, -0.25) is 24.9 Å². The first-order valence-electron chi connectivity index (χ1n) is 12.4. The molecular weight excluding hydrogens is 426 g/mol. The fraction of sp³-hybridized carbons (Fsp3) is 0.481. The summed E-state index contributed by atoms with van der Waals surface area (Å²) in [4.78, 5) is 32.5. The Morgan fingerprint density at radius 3 is 2.76 bits per heavy atom. The molecule has 1 saturated carbocycles. The zero-order valence-corrected chi connectivity index (χ0v) is 19.9. The minimum atomic E-state index is -0.375. The maximum atomic E-state index is 13.4. The normalized spacial score (nSPS) is 25.9. The van der Waals surface area contributed by atoms with Crippen LogP contribution in [0.5, 0.6) is 0 Å². The van der Waals surface area contributed by atoms with Gasteiger partial charge in [-0.2, -0.15) is 0 Å². The molecule has 2 amide bonds. The van der Waals surface area contributed by atoms with E-state index in [1.165, 1.54) is 11.1 Å². The molecule has 0 spiro atoms. The highest BCUT2D eigenvalue weighted by Gasteiger charge is 2.54. The van der Waals surface area contributed by atoms with Crippen LogP contribution in [0.3, 0.4) is 0 Å². The Morgan fingerprint density at radius 2 is 2.06 bits per heavy atom. The third kappa shape index (κ3) is 3.97. The number of pyridine rings is 1. The molecular formula is C27H33N5O2. The summed E-state index contributed by atoms with van der Waals surface area (Å²) in [5.41, 5.74) is 3.02. The van der Waals surface area contributed by atoms with Crippen LogP contribution in [0.1, 0.15) is 74.7 Å². The van der Waals surface area contributed by atoms with E-state index in [0.29, 0.717) is 12.8 Å². The zero-order valence-electron chi connectivity index (χ0n) is 19.9. The van der Waals surface area contributed by atoms with Crippen LogP contribution in [0.15, 0.2) is 48.8 Å². The quantitative estimate of drug-likeness (QED) is 0.585. The molecule has 3 N–H and O–H groups in total. The van der Waals surface area contributed by atoms with Gasteiger partial charge in [0.1, 0.15) is 0 Å². The van der Waals surface area contributed by atoms with Gasteiger partial charge in [0.25, 0.3) is 0 Å². The molecule has 3 aliphatic rings. The Bertz CT molecular complexity index is 1080. The van der Waals surface area contributed by atoms with Gasteiger partial charge < -0.3 is 10.6 Å². The van der Waals surface area contributed by atoms with E-state index in [0.717, 1.165) is 31.2 Å². The Balaban J connectivity index is 1.36. The SMILES string of the molecule is CCC1(CC)CC(=O)N([C@H](c2cccnc2)[C@@H]2C[C@H]2C(=O)N[C@H]2CCc3ccccc32)C(=N)N1. The fourth-order valence-corrected chi connectivity index (χ4v) is 5.82. The van der Waals surface area contributed by atoms with Crippen LogP contribution in [0.2, 0.25) is 0 Å². The second kappa shape index (κ2) is 8.85. The predicted molar refractivity (Wildman–Crippen MR) is 130 cm³/mol. The van der Waals surface area contributed by atoms with Gasteiger partial charge in [-0.25, -0.2) is 0 Å². The molecule has 2 fully saturated rings. The molecule has 1 aromatic heterocycles. The molecule has 1 aliphatic heterocycles. The number of carbonyl (C=O) groups excluding carboxylic acids is 2. The van der Waals surface area contributed by atoms with E-state index in [-0.39, 0.29) is 47.2 Å². The summed E-state index contributed by atoms with van der Waals surface area (Å²) in [7, 11) is 0. The van der Waals surface area contributed by atoms with Gasteiger partial charge in [0.15, 0.2) is 5.96 Å². The number of hydrogen-bond acceptors (Lipinski definition) is 4. The number of nitrogens with zero attached hydrogens (tertiary/aromatic N) is 2. The number of nitrogens with one attached hydrogen (secondary N) is 3. The van der Waals surface area contributed by atoms with Crippen molar-refractivity contribution in [3.63, 3.8) is 0 Å². The van der Waals surface area contributed by atoms with E-state index in [9.17, 15) is 9.59 Å². The van der Waals surface area contributed by atoms with Gasteiger partial charge in [-0.15, -0.1) is 0 Å². The van der Waals surface area contributed by atoms with Crippen molar-refractivity contribution >= 4 is 17.8 Å². The van der Waals surface area contributed by atoms with Crippen molar-refractivity contribution in [2.75, 3.05) is 0 Å². The highest BCUT2D eigenvalue weighted by atomic mass is 16.2. The van der Waals surface area contributed by atoms with Crippen LogP contribution >= 0.6 is 0 Å². The fourth-order valence-electron chi connectivity index (χ4n) is 5.82. The summed E-state index contributed by atoms with van der Waals surface area (Å²) >= 11 is 0. The Labute approximate surface area is 200 Å². The van der Waals surface area contributed by atoms with E-state index in [2.05, 4.69) is 27.8 Å². The molecule has 1 saturated heterocycles. The number of aromatic nitrogens is 1. The lowest BCUT2D eigenvalue weighted by Gasteiger charge is -2.45. The summed E-state index contributed by atoms with van der Waals surface area (Å²) in [6, 6.07) is 11.8. The maximum Gasteiger partial charge on any atom is 0.232 e. The first-order valence-corrected chi connectivity index (χ1v) is 12.4. The monoisotopic (exact) mass is 459 g/mol. The molecule has 7 heteroatoms. The first-order chi connectivity index (χ1) is 16.5. The van der Waals surface area contributed by atoms with Gasteiger partial charge in [-0.1, -0.05) is 44.2 Å². The molecule has 2 aromatic rings. The average molecular weight is 460 g/mol. The van der Waals surface area contributed by atoms with Gasteiger partial charge in [0, 0.05) is 23.9 Å². The summed E-state index contributed by atoms with van der Waals surface area (Å²) in [5.74, 6) is -0.104. The number of rotatable bonds is 7. The van der Waals surface area contributed by atoms with E-state index in [1.54, 1.807) is 17.3 Å². The smallest absolute Gasteiger partial charge is 0.232 e. The molecule has 0 radical (unpaired) electrons. The molecule has 1 aromatic carbocycles. The van der Waals surface area contributed by atoms with Crippen LogP contribution in [0, 0.1) is 17.2 Å². The van der Waals surface area contributed by atoms with Gasteiger partial charge in [0.05, 0.1) is 18.5 Å². The summed E-state index contributed by atoms with van der Waals surface area (Å²) in [6.45, 7) is 4.10. The van der Waals surface area contributed by atoms with Gasteiger partial charge in [-0.05, 0) is 60.8 Å². The van der Waals surface area contributed by atoms with Crippen LogP contribution in [-0.4, -0.2) is 33.2 Å². The largest absolute Gasteiger partial charge is 0.350 e. The molecule has 178 valence electrons. The van der Waals surface area contributed by atoms with Crippen molar-refractivity contribution in [1.82, 2.24) is 20.5 Å². The lowest BCUT2D eigenvalue weighted by molar-refractivity contribution is -0.134.